The standard InChI is InChI=1S/C26H38O5/c1-24-15-29-26(30-16-24,31-17-24)12-6-5-9-19-13-22-21(19)14-20(25(22,2)28)10-11-23(27)18-7-3-4-8-18/h5,10-11,18,20-23,27-28H,3-4,6-8,12-17H2,1-2H3/b11-10+/t9?,20-,21+,22-,23+,24?,25+,26?/m1/s1. The molecule has 0 aromatic rings. The van der Waals surface area contributed by atoms with Gasteiger partial charge in [0.25, 0.3) is 5.97 Å². The first-order valence-corrected chi connectivity index (χ1v) is 12.2. The van der Waals surface area contributed by atoms with Gasteiger partial charge < -0.3 is 24.4 Å². The van der Waals surface area contributed by atoms with Gasteiger partial charge in [-0.2, -0.15) is 0 Å². The Bertz CT molecular complexity index is 746. The van der Waals surface area contributed by atoms with Gasteiger partial charge in [-0.1, -0.05) is 31.9 Å². The molecular weight excluding hydrogens is 392 g/mol. The highest BCUT2D eigenvalue weighted by Gasteiger charge is 2.56. The molecule has 3 heterocycles. The zero-order valence-corrected chi connectivity index (χ0v) is 19.0. The van der Waals surface area contributed by atoms with Crippen LogP contribution in [0.5, 0.6) is 0 Å². The van der Waals surface area contributed by atoms with Crippen LogP contribution in [0.15, 0.2) is 29.5 Å². The van der Waals surface area contributed by atoms with Crippen molar-refractivity contribution in [1.29, 1.82) is 0 Å². The first-order valence-electron chi connectivity index (χ1n) is 12.2. The molecule has 5 atom stereocenters. The van der Waals surface area contributed by atoms with E-state index in [0.717, 1.165) is 32.1 Å². The van der Waals surface area contributed by atoms with E-state index in [1.807, 2.05) is 13.0 Å². The van der Waals surface area contributed by atoms with E-state index in [9.17, 15) is 10.2 Å². The van der Waals surface area contributed by atoms with Crippen LogP contribution in [-0.2, 0) is 14.2 Å². The average molecular weight is 431 g/mol. The summed E-state index contributed by atoms with van der Waals surface area (Å²) in [6, 6.07) is 0. The summed E-state index contributed by atoms with van der Waals surface area (Å²) in [6.07, 6.45) is 13.8. The Kier molecular flexibility index (Phi) is 5.74. The third kappa shape index (κ3) is 4.10. The normalized spacial score (nSPS) is 45.5. The Morgan fingerprint density at radius 2 is 1.81 bits per heavy atom. The lowest BCUT2D eigenvalue weighted by atomic mass is 9.67. The minimum absolute atomic E-state index is 0.00193. The Morgan fingerprint density at radius 3 is 2.48 bits per heavy atom. The maximum atomic E-state index is 11.1. The van der Waals surface area contributed by atoms with Crippen molar-refractivity contribution in [2.45, 2.75) is 82.9 Å². The number of hydrogen-bond donors (Lipinski definition) is 2. The van der Waals surface area contributed by atoms with Crippen molar-refractivity contribution in [1.82, 2.24) is 0 Å². The molecule has 0 aromatic heterocycles. The second kappa shape index (κ2) is 8.13. The summed E-state index contributed by atoms with van der Waals surface area (Å²) in [7, 11) is 0. The van der Waals surface area contributed by atoms with Crippen molar-refractivity contribution >= 4 is 0 Å². The van der Waals surface area contributed by atoms with Gasteiger partial charge in [-0.05, 0) is 68.4 Å². The van der Waals surface area contributed by atoms with Crippen LogP contribution < -0.4 is 0 Å². The number of allylic oxidation sites excluding steroid dienone is 1. The Morgan fingerprint density at radius 1 is 1.13 bits per heavy atom. The fourth-order valence-corrected chi connectivity index (χ4v) is 6.24. The van der Waals surface area contributed by atoms with Gasteiger partial charge >= 0.3 is 0 Å². The summed E-state index contributed by atoms with van der Waals surface area (Å²) >= 11 is 0. The largest absolute Gasteiger partial charge is 0.389 e. The van der Waals surface area contributed by atoms with Gasteiger partial charge in [0, 0.05) is 17.8 Å². The predicted molar refractivity (Wildman–Crippen MR) is 117 cm³/mol. The molecule has 0 unspecified atom stereocenters. The fraction of sp³-hybridized carbons (Fsp3) is 0.808. The van der Waals surface area contributed by atoms with Gasteiger partial charge in [0.1, 0.15) is 0 Å². The number of ether oxygens (including phenoxy) is 3. The van der Waals surface area contributed by atoms with E-state index >= 15 is 0 Å². The van der Waals surface area contributed by atoms with E-state index < -0.39 is 11.6 Å². The molecule has 5 nitrogen and oxygen atoms in total. The molecule has 0 amide bonds. The van der Waals surface area contributed by atoms with Crippen molar-refractivity contribution in [3.8, 4) is 0 Å². The molecule has 2 bridgehead atoms. The molecule has 0 spiro atoms. The van der Waals surface area contributed by atoms with Crippen LogP contribution in [-0.4, -0.2) is 47.7 Å². The molecule has 3 saturated heterocycles. The van der Waals surface area contributed by atoms with Crippen LogP contribution in [0.2, 0.25) is 0 Å². The predicted octanol–water partition coefficient (Wildman–Crippen LogP) is 4.10. The van der Waals surface area contributed by atoms with Gasteiger partial charge in [-0.15, -0.1) is 5.73 Å². The highest BCUT2D eigenvalue weighted by atomic mass is 16.9. The van der Waals surface area contributed by atoms with Gasteiger partial charge in [-0.3, -0.25) is 0 Å². The number of rotatable bonds is 6. The number of aliphatic hydroxyl groups excluding tert-OH is 1. The van der Waals surface area contributed by atoms with E-state index in [2.05, 4.69) is 24.8 Å². The van der Waals surface area contributed by atoms with Gasteiger partial charge in [0.2, 0.25) is 0 Å². The molecule has 0 aromatic carbocycles. The van der Waals surface area contributed by atoms with Crippen LogP contribution in [0.4, 0.5) is 0 Å². The number of aliphatic hydroxyl groups is 2. The second-order valence-electron chi connectivity index (χ2n) is 11.2. The van der Waals surface area contributed by atoms with Crippen LogP contribution in [0.3, 0.4) is 0 Å². The van der Waals surface area contributed by atoms with Gasteiger partial charge in [0.15, 0.2) is 0 Å². The quantitative estimate of drug-likeness (QED) is 0.491. The third-order valence-corrected chi connectivity index (χ3v) is 8.61. The molecule has 3 aliphatic heterocycles. The summed E-state index contributed by atoms with van der Waals surface area (Å²) in [4.78, 5) is 0. The zero-order valence-electron chi connectivity index (χ0n) is 19.0. The Balaban J connectivity index is 1.16. The van der Waals surface area contributed by atoms with Crippen molar-refractivity contribution < 1.29 is 24.4 Å². The highest BCUT2D eigenvalue weighted by molar-refractivity contribution is 5.28. The van der Waals surface area contributed by atoms with Crippen LogP contribution >= 0.6 is 0 Å². The molecule has 3 saturated carbocycles. The first-order chi connectivity index (χ1) is 14.8. The summed E-state index contributed by atoms with van der Waals surface area (Å²) in [6.45, 7) is 6.19. The van der Waals surface area contributed by atoms with Crippen molar-refractivity contribution in [3.63, 3.8) is 0 Å². The molecule has 0 radical (unpaired) electrons. The summed E-state index contributed by atoms with van der Waals surface area (Å²) in [5.41, 5.74) is 4.11. The Labute approximate surface area is 186 Å². The summed E-state index contributed by atoms with van der Waals surface area (Å²) in [5.74, 6) is 0.332. The van der Waals surface area contributed by atoms with E-state index in [1.165, 1.54) is 18.4 Å². The van der Waals surface area contributed by atoms with Gasteiger partial charge in [0.05, 0.1) is 31.5 Å². The molecule has 6 aliphatic rings. The minimum Gasteiger partial charge on any atom is -0.389 e. The van der Waals surface area contributed by atoms with Crippen LogP contribution in [0.25, 0.3) is 0 Å². The smallest absolute Gasteiger partial charge is 0.283 e. The molecule has 3 aliphatic carbocycles. The van der Waals surface area contributed by atoms with Crippen molar-refractivity contribution in [3.05, 3.63) is 29.5 Å². The lowest BCUT2D eigenvalue weighted by Gasteiger charge is -2.50. The summed E-state index contributed by atoms with van der Waals surface area (Å²) in [5, 5.41) is 21.6. The minimum atomic E-state index is -0.865. The van der Waals surface area contributed by atoms with Crippen molar-refractivity contribution in [2.75, 3.05) is 19.8 Å². The second-order valence-corrected chi connectivity index (χ2v) is 11.2. The molecule has 6 rings (SSSR count). The lowest BCUT2D eigenvalue weighted by Crippen LogP contribution is -2.58. The molecular formula is C26H38O5. The SMILES string of the molecule is CC12COC(CCC=C=C3C[C@@H]4[C@H]3C[C@@H](/C=C/[C@H](O)C3CCCC3)[C@]4(C)O)(OC1)OC2. The average Bonchev–Trinajstić information content (AvgIpc) is 3.33. The highest BCUT2D eigenvalue weighted by Crippen LogP contribution is 2.58. The van der Waals surface area contributed by atoms with E-state index in [-0.39, 0.29) is 17.4 Å². The molecule has 31 heavy (non-hydrogen) atoms. The first kappa shape index (κ1) is 21.9. The maximum absolute atomic E-state index is 11.1. The number of fused-ring (bicyclic) bond motifs is 4. The van der Waals surface area contributed by atoms with E-state index in [4.69, 9.17) is 14.2 Å². The fourth-order valence-electron chi connectivity index (χ4n) is 6.24. The summed E-state index contributed by atoms with van der Waals surface area (Å²) < 4.78 is 17.5. The molecule has 2 N–H and O–H groups in total. The molecule has 6 fully saturated rings. The van der Waals surface area contributed by atoms with E-state index in [1.54, 1.807) is 0 Å². The van der Waals surface area contributed by atoms with Crippen LogP contribution in [0, 0.1) is 29.1 Å². The zero-order chi connectivity index (χ0) is 21.7. The molecule has 5 heteroatoms. The van der Waals surface area contributed by atoms with E-state index in [0.29, 0.717) is 44.0 Å². The number of hydrogen-bond acceptors (Lipinski definition) is 5. The topological polar surface area (TPSA) is 68.2 Å². The van der Waals surface area contributed by atoms with Crippen molar-refractivity contribution in [2.24, 2.45) is 29.1 Å². The third-order valence-electron chi connectivity index (χ3n) is 8.61. The lowest BCUT2D eigenvalue weighted by molar-refractivity contribution is -0.467. The maximum Gasteiger partial charge on any atom is 0.283 e. The monoisotopic (exact) mass is 430 g/mol. The Hall–Kier alpha value is -0.940. The van der Waals surface area contributed by atoms with Crippen LogP contribution in [0.1, 0.15) is 65.2 Å². The molecule has 172 valence electrons. The van der Waals surface area contributed by atoms with Gasteiger partial charge in [-0.25, -0.2) is 0 Å².